The van der Waals surface area contributed by atoms with Crippen LogP contribution in [-0.4, -0.2) is 17.1 Å². The second-order valence-corrected chi connectivity index (χ2v) is 10.7. The summed E-state index contributed by atoms with van der Waals surface area (Å²) >= 11 is 13.6. The summed E-state index contributed by atoms with van der Waals surface area (Å²) in [6, 6.07) is 21.4. The Labute approximate surface area is 239 Å². The summed E-state index contributed by atoms with van der Waals surface area (Å²) in [6.45, 7) is 4.07. The fraction of sp³-hybridized carbons (Fsp3) is 0.167. The third kappa shape index (κ3) is 5.71. The third-order valence-electron chi connectivity index (χ3n) is 6.23. The second-order valence-electron chi connectivity index (χ2n) is 8.80. The SMILES string of the molecule is CCOC(=O)C1=C(C)N=c2s/c(=C/c3ccc(OCc4ccccc4Cl)cc3)c(=O)n2[C@@H]1c1ccc(Cl)cc1. The molecular formula is C30H24Cl2N2O4S. The Morgan fingerprint density at radius 3 is 2.46 bits per heavy atom. The molecule has 0 radical (unpaired) electrons. The molecular weight excluding hydrogens is 555 g/mol. The van der Waals surface area contributed by atoms with Gasteiger partial charge in [0.2, 0.25) is 0 Å². The van der Waals surface area contributed by atoms with Gasteiger partial charge in [-0.05, 0) is 61.4 Å². The number of hydrogen-bond donors (Lipinski definition) is 0. The number of halogens is 2. The Hall–Kier alpha value is -3.65. The predicted octanol–water partition coefficient (Wildman–Crippen LogP) is 5.68. The molecule has 1 atom stereocenters. The van der Waals surface area contributed by atoms with Gasteiger partial charge in [-0.15, -0.1) is 0 Å². The summed E-state index contributed by atoms with van der Waals surface area (Å²) in [4.78, 5) is 31.8. The fourth-order valence-electron chi connectivity index (χ4n) is 4.34. The monoisotopic (exact) mass is 578 g/mol. The van der Waals surface area contributed by atoms with Crippen LogP contribution in [0.4, 0.5) is 0 Å². The highest BCUT2D eigenvalue weighted by Gasteiger charge is 2.33. The molecule has 6 nitrogen and oxygen atoms in total. The van der Waals surface area contributed by atoms with Crippen molar-refractivity contribution in [2.45, 2.75) is 26.5 Å². The summed E-state index contributed by atoms with van der Waals surface area (Å²) < 4.78 is 13.2. The number of carbonyl (C=O) groups is 1. The first-order valence-corrected chi connectivity index (χ1v) is 13.8. The van der Waals surface area contributed by atoms with Crippen molar-refractivity contribution in [2.24, 2.45) is 4.99 Å². The molecule has 0 aliphatic carbocycles. The van der Waals surface area contributed by atoms with E-state index >= 15 is 0 Å². The zero-order valence-electron chi connectivity index (χ0n) is 21.2. The summed E-state index contributed by atoms with van der Waals surface area (Å²) in [5.41, 5.74) is 3.07. The van der Waals surface area contributed by atoms with Gasteiger partial charge >= 0.3 is 5.97 Å². The largest absolute Gasteiger partial charge is 0.489 e. The molecule has 0 saturated heterocycles. The van der Waals surface area contributed by atoms with E-state index in [1.54, 1.807) is 30.5 Å². The second kappa shape index (κ2) is 11.6. The van der Waals surface area contributed by atoms with Gasteiger partial charge in [-0.3, -0.25) is 9.36 Å². The van der Waals surface area contributed by atoms with Crippen LogP contribution in [0.15, 0.2) is 93.9 Å². The Morgan fingerprint density at radius 1 is 1.05 bits per heavy atom. The summed E-state index contributed by atoms with van der Waals surface area (Å²) in [5.74, 6) is 0.186. The Balaban J connectivity index is 1.50. The van der Waals surface area contributed by atoms with Crippen LogP contribution in [0, 0.1) is 0 Å². The molecule has 0 bridgehead atoms. The molecule has 0 saturated carbocycles. The molecule has 3 aromatic carbocycles. The summed E-state index contributed by atoms with van der Waals surface area (Å²) in [6.07, 6.45) is 1.81. The molecule has 198 valence electrons. The molecule has 0 fully saturated rings. The number of allylic oxidation sites excluding steroid dienone is 1. The third-order valence-corrected chi connectivity index (χ3v) is 7.84. The van der Waals surface area contributed by atoms with Crippen molar-refractivity contribution in [2.75, 3.05) is 6.61 Å². The van der Waals surface area contributed by atoms with Gasteiger partial charge in [-0.1, -0.05) is 77.0 Å². The number of nitrogens with zero attached hydrogens (tertiary/aromatic N) is 2. The standard InChI is InChI=1S/C30H24Cl2N2O4S/c1-3-37-29(36)26-18(2)33-30-34(27(26)20-10-12-22(31)13-11-20)28(35)25(39-30)16-19-8-14-23(15-9-19)38-17-21-6-4-5-7-24(21)32/h4-16,27H,3,17H2,1-2H3/b25-16+/t27-/m1/s1. The maximum absolute atomic E-state index is 13.7. The minimum Gasteiger partial charge on any atom is -0.489 e. The van der Waals surface area contributed by atoms with Gasteiger partial charge in [0.1, 0.15) is 12.4 Å². The van der Waals surface area contributed by atoms with Crippen molar-refractivity contribution >= 4 is 46.6 Å². The molecule has 1 aliphatic rings. The van der Waals surface area contributed by atoms with Crippen molar-refractivity contribution in [3.63, 3.8) is 0 Å². The fourth-order valence-corrected chi connectivity index (χ4v) is 5.70. The van der Waals surface area contributed by atoms with Crippen LogP contribution in [0.1, 0.15) is 36.6 Å². The lowest BCUT2D eigenvalue weighted by Gasteiger charge is -2.24. The highest BCUT2D eigenvalue weighted by atomic mass is 35.5. The van der Waals surface area contributed by atoms with Gasteiger partial charge in [0.15, 0.2) is 4.80 Å². The average Bonchev–Trinajstić information content (AvgIpc) is 3.23. The van der Waals surface area contributed by atoms with Crippen LogP contribution in [0.25, 0.3) is 6.08 Å². The van der Waals surface area contributed by atoms with E-state index in [1.165, 1.54) is 11.3 Å². The smallest absolute Gasteiger partial charge is 0.338 e. The molecule has 0 unspecified atom stereocenters. The van der Waals surface area contributed by atoms with E-state index in [1.807, 2.05) is 66.7 Å². The molecule has 0 N–H and O–H groups in total. The van der Waals surface area contributed by atoms with Crippen molar-refractivity contribution in [1.82, 2.24) is 4.57 Å². The quantitative estimate of drug-likeness (QED) is 0.264. The Morgan fingerprint density at radius 2 is 1.77 bits per heavy atom. The zero-order valence-corrected chi connectivity index (χ0v) is 23.5. The Kier molecular flexibility index (Phi) is 8.02. The molecule has 2 heterocycles. The van der Waals surface area contributed by atoms with E-state index in [2.05, 4.69) is 4.99 Å². The van der Waals surface area contributed by atoms with Gasteiger partial charge in [0.25, 0.3) is 5.56 Å². The molecule has 4 aromatic rings. The molecule has 0 spiro atoms. The molecule has 1 aromatic heterocycles. The van der Waals surface area contributed by atoms with E-state index in [0.29, 0.717) is 43.0 Å². The van der Waals surface area contributed by atoms with Crippen molar-refractivity contribution in [1.29, 1.82) is 0 Å². The molecule has 1 aliphatic heterocycles. The lowest BCUT2D eigenvalue weighted by atomic mass is 9.96. The number of ether oxygens (including phenoxy) is 2. The van der Waals surface area contributed by atoms with E-state index < -0.39 is 12.0 Å². The van der Waals surface area contributed by atoms with Crippen LogP contribution < -0.4 is 19.6 Å². The predicted molar refractivity (Wildman–Crippen MR) is 154 cm³/mol. The van der Waals surface area contributed by atoms with Gasteiger partial charge < -0.3 is 9.47 Å². The van der Waals surface area contributed by atoms with Crippen molar-refractivity contribution in [3.05, 3.63) is 130 Å². The first-order valence-electron chi connectivity index (χ1n) is 12.3. The Bertz CT molecular complexity index is 1740. The highest BCUT2D eigenvalue weighted by molar-refractivity contribution is 7.07. The van der Waals surface area contributed by atoms with Crippen LogP contribution in [-0.2, 0) is 16.1 Å². The van der Waals surface area contributed by atoms with Gasteiger partial charge in [0.05, 0.1) is 28.5 Å². The molecule has 39 heavy (non-hydrogen) atoms. The van der Waals surface area contributed by atoms with Crippen LogP contribution >= 0.6 is 34.5 Å². The van der Waals surface area contributed by atoms with Crippen LogP contribution in [0.3, 0.4) is 0 Å². The van der Waals surface area contributed by atoms with Crippen LogP contribution in [0.2, 0.25) is 10.0 Å². The van der Waals surface area contributed by atoms with Gasteiger partial charge in [0, 0.05) is 15.6 Å². The summed E-state index contributed by atoms with van der Waals surface area (Å²) in [5, 5.41) is 1.21. The number of aromatic nitrogens is 1. The highest BCUT2D eigenvalue weighted by Crippen LogP contribution is 2.31. The van der Waals surface area contributed by atoms with Gasteiger partial charge in [-0.2, -0.15) is 0 Å². The molecule has 5 rings (SSSR count). The number of carbonyl (C=O) groups excluding carboxylic acids is 1. The van der Waals surface area contributed by atoms with Crippen LogP contribution in [0.5, 0.6) is 5.75 Å². The van der Waals surface area contributed by atoms with Gasteiger partial charge in [-0.25, -0.2) is 9.79 Å². The van der Waals surface area contributed by atoms with E-state index in [4.69, 9.17) is 32.7 Å². The van der Waals surface area contributed by atoms with Crippen molar-refractivity contribution < 1.29 is 14.3 Å². The number of esters is 1. The van der Waals surface area contributed by atoms with E-state index in [9.17, 15) is 9.59 Å². The number of thiazole rings is 1. The van der Waals surface area contributed by atoms with E-state index in [-0.39, 0.29) is 12.2 Å². The first-order chi connectivity index (χ1) is 18.9. The number of rotatable bonds is 7. The number of hydrogen-bond acceptors (Lipinski definition) is 6. The normalized spacial score (nSPS) is 15.1. The molecule has 9 heteroatoms. The topological polar surface area (TPSA) is 69.9 Å². The average molecular weight is 580 g/mol. The zero-order chi connectivity index (χ0) is 27.5. The maximum atomic E-state index is 13.7. The van der Waals surface area contributed by atoms with E-state index in [0.717, 1.165) is 16.7 Å². The number of benzene rings is 3. The maximum Gasteiger partial charge on any atom is 0.338 e. The minimum atomic E-state index is -0.680. The lowest BCUT2D eigenvalue weighted by Crippen LogP contribution is -2.39. The number of fused-ring (bicyclic) bond motifs is 1. The van der Waals surface area contributed by atoms with Crippen molar-refractivity contribution in [3.8, 4) is 5.75 Å². The summed E-state index contributed by atoms with van der Waals surface area (Å²) in [7, 11) is 0. The minimum absolute atomic E-state index is 0.214. The molecule has 0 amide bonds. The first kappa shape index (κ1) is 26.9. The lowest BCUT2D eigenvalue weighted by molar-refractivity contribution is -0.139.